The Morgan fingerprint density at radius 3 is 2.45 bits per heavy atom. The van der Waals surface area contributed by atoms with E-state index >= 15 is 0 Å². The van der Waals surface area contributed by atoms with E-state index in [9.17, 15) is 14.4 Å². The number of carbonyl (C=O) groups excluding carboxylic acids is 3. The molecule has 154 valence electrons. The predicted molar refractivity (Wildman–Crippen MR) is 116 cm³/mol. The molecular weight excluding hydrogens is 460 g/mol. The standard InChI is InChI=1S/C21H22BrClN2O4/c1-12(2)19(25-20(27)14-6-4-5-7-16(14)23)21(28)29-11-18(26)24-17-9-8-13(3)10-15(17)22/h4-10,12,19H,11H2,1-3H3,(H,24,26)(H,25,27)/t19-/m0/s1. The van der Waals surface area contributed by atoms with Gasteiger partial charge in [0.1, 0.15) is 6.04 Å². The molecule has 2 aromatic rings. The maximum Gasteiger partial charge on any atom is 0.329 e. The van der Waals surface area contributed by atoms with Crippen LogP contribution in [0.5, 0.6) is 0 Å². The van der Waals surface area contributed by atoms with Crippen molar-refractivity contribution in [3.8, 4) is 0 Å². The van der Waals surface area contributed by atoms with Gasteiger partial charge in [0.15, 0.2) is 6.61 Å². The van der Waals surface area contributed by atoms with Crippen molar-refractivity contribution in [1.82, 2.24) is 5.32 Å². The van der Waals surface area contributed by atoms with Crippen LogP contribution in [0.2, 0.25) is 5.02 Å². The summed E-state index contributed by atoms with van der Waals surface area (Å²) in [5, 5.41) is 5.57. The minimum Gasteiger partial charge on any atom is -0.454 e. The lowest BCUT2D eigenvalue weighted by molar-refractivity contribution is -0.150. The Labute approximate surface area is 183 Å². The Bertz CT molecular complexity index is 917. The zero-order valence-electron chi connectivity index (χ0n) is 16.3. The first-order valence-corrected chi connectivity index (χ1v) is 10.1. The molecular formula is C21H22BrClN2O4. The van der Waals surface area contributed by atoms with Gasteiger partial charge in [-0.1, -0.05) is 43.6 Å². The van der Waals surface area contributed by atoms with E-state index in [1.165, 1.54) is 0 Å². The molecule has 0 radical (unpaired) electrons. The Morgan fingerprint density at radius 2 is 1.83 bits per heavy atom. The van der Waals surface area contributed by atoms with Crippen molar-refractivity contribution in [3.05, 3.63) is 63.1 Å². The van der Waals surface area contributed by atoms with Crippen molar-refractivity contribution in [2.75, 3.05) is 11.9 Å². The van der Waals surface area contributed by atoms with Gasteiger partial charge in [0.05, 0.1) is 16.3 Å². The highest BCUT2D eigenvalue weighted by Crippen LogP contribution is 2.23. The Morgan fingerprint density at radius 1 is 1.14 bits per heavy atom. The minimum atomic E-state index is -0.919. The molecule has 2 amide bonds. The van der Waals surface area contributed by atoms with Gasteiger partial charge in [0.2, 0.25) is 0 Å². The van der Waals surface area contributed by atoms with Gasteiger partial charge in [0, 0.05) is 4.47 Å². The van der Waals surface area contributed by atoms with E-state index in [-0.39, 0.29) is 16.5 Å². The molecule has 0 aromatic heterocycles. The van der Waals surface area contributed by atoms with Crippen LogP contribution in [0.15, 0.2) is 46.9 Å². The van der Waals surface area contributed by atoms with Gasteiger partial charge in [-0.3, -0.25) is 9.59 Å². The second kappa shape index (κ2) is 10.4. The van der Waals surface area contributed by atoms with Crippen LogP contribution in [0, 0.1) is 12.8 Å². The summed E-state index contributed by atoms with van der Waals surface area (Å²) >= 11 is 9.40. The maximum atomic E-state index is 12.4. The molecule has 1 atom stereocenters. The molecule has 0 unspecified atom stereocenters. The Hall–Kier alpha value is -2.38. The van der Waals surface area contributed by atoms with Crippen LogP contribution < -0.4 is 10.6 Å². The molecule has 0 spiro atoms. The van der Waals surface area contributed by atoms with Crippen LogP contribution in [-0.4, -0.2) is 30.4 Å². The van der Waals surface area contributed by atoms with Gasteiger partial charge < -0.3 is 15.4 Å². The topological polar surface area (TPSA) is 84.5 Å². The van der Waals surface area contributed by atoms with E-state index in [2.05, 4.69) is 26.6 Å². The molecule has 0 aliphatic heterocycles. The molecule has 2 N–H and O–H groups in total. The lowest BCUT2D eigenvalue weighted by atomic mass is 10.0. The molecule has 0 saturated heterocycles. The lowest BCUT2D eigenvalue weighted by Crippen LogP contribution is -2.46. The van der Waals surface area contributed by atoms with Crippen molar-refractivity contribution < 1.29 is 19.1 Å². The number of aryl methyl sites for hydroxylation is 1. The van der Waals surface area contributed by atoms with Crippen LogP contribution >= 0.6 is 27.5 Å². The number of ether oxygens (including phenoxy) is 1. The third-order valence-corrected chi connectivity index (χ3v) is 5.06. The molecule has 0 saturated carbocycles. The Balaban J connectivity index is 1.96. The number of hydrogen-bond acceptors (Lipinski definition) is 4. The SMILES string of the molecule is Cc1ccc(NC(=O)COC(=O)[C@@H](NC(=O)c2ccccc2Cl)C(C)C)c(Br)c1. The lowest BCUT2D eigenvalue weighted by Gasteiger charge is -2.21. The predicted octanol–water partition coefficient (Wildman–Crippen LogP) is 4.35. The van der Waals surface area contributed by atoms with Crippen molar-refractivity contribution in [2.24, 2.45) is 5.92 Å². The first-order valence-electron chi connectivity index (χ1n) is 8.97. The first kappa shape index (κ1) is 22.9. The van der Waals surface area contributed by atoms with Crippen LogP contribution in [0.4, 0.5) is 5.69 Å². The number of nitrogens with one attached hydrogen (secondary N) is 2. The minimum absolute atomic E-state index is 0.247. The summed E-state index contributed by atoms with van der Waals surface area (Å²) in [6, 6.07) is 11.1. The number of amides is 2. The molecule has 2 aromatic carbocycles. The second-order valence-corrected chi connectivity index (χ2v) is 8.08. The summed E-state index contributed by atoms with van der Waals surface area (Å²) in [4.78, 5) is 37.0. The van der Waals surface area contributed by atoms with E-state index < -0.39 is 30.4 Å². The van der Waals surface area contributed by atoms with Crippen molar-refractivity contribution in [2.45, 2.75) is 26.8 Å². The molecule has 2 rings (SSSR count). The van der Waals surface area contributed by atoms with Gasteiger partial charge in [-0.25, -0.2) is 4.79 Å². The fraction of sp³-hybridized carbons (Fsp3) is 0.286. The third-order valence-electron chi connectivity index (χ3n) is 4.07. The zero-order chi connectivity index (χ0) is 21.6. The number of rotatable bonds is 7. The molecule has 6 nitrogen and oxygen atoms in total. The van der Waals surface area contributed by atoms with E-state index in [1.807, 2.05) is 19.1 Å². The molecule has 0 aliphatic carbocycles. The number of hydrogen-bond donors (Lipinski definition) is 2. The van der Waals surface area contributed by atoms with E-state index in [0.29, 0.717) is 5.69 Å². The highest BCUT2D eigenvalue weighted by Gasteiger charge is 2.27. The Kier molecular flexibility index (Phi) is 8.22. The van der Waals surface area contributed by atoms with Crippen LogP contribution in [0.25, 0.3) is 0 Å². The highest BCUT2D eigenvalue weighted by molar-refractivity contribution is 9.10. The largest absolute Gasteiger partial charge is 0.454 e. The average Bonchev–Trinajstić information content (AvgIpc) is 2.66. The van der Waals surface area contributed by atoms with E-state index in [1.54, 1.807) is 44.2 Å². The number of benzene rings is 2. The number of carbonyl (C=O) groups is 3. The smallest absolute Gasteiger partial charge is 0.329 e. The summed E-state index contributed by atoms with van der Waals surface area (Å²) in [5.74, 6) is -1.91. The molecule has 0 aliphatic rings. The van der Waals surface area contributed by atoms with Crippen molar-refractivity contribution in [3.63, 3.8) is 0 Å². The molecule has 0 heterocycles. The van der Waals surface area contributed by atoms with Crippen molar-refractivity contribution in [1.29, 1.82) is 0 Å². The van der Waals surface area contributed by atoms with Gasteiger partial charge in [-0.05, 0) is 58.6 Å². The number of esters is 1. The maximum absolute atomic E-state index is 12.4. The molecule has 0 bridgehead atoms. The number of anilines is 1. The molecule has 8 heteroatoms. The number of halogens is 2. The van der Waals surface area contributed by atoms with Crippen LogP contribution in [-0.2, 0) is 14.3 Å². The summed E-state index contributed by atoms with van der Waals surface area (Å²) in [7, 11) is 0. The van der Waals surface area contributed by atoms with E-state index in [4.69, 9.17) is 16.3 Å². The molecule has 29 heavy (non-hydrogen) atoms. The highest BCUT2D eigenvalue weighted by atomic mass is 79.9. The van der Waals surface area contributed by atoms with Crippen LogP contribution in [0.1, 0.15) is 29.8 Å². The van der Waals surface area contributed by atoms with Gasteiger partial charge >= 0.3 is 5.97 Å². The summed E-state index contributed by atoms with van der Waals surface area (Å²) < 4.78 is 5.84. The summed E-state index contributed by atoms with van der Waals surface area (Å²) in [6.07, 6.45) is 0. The van der Waals surface area contributed by atoms with Gasteiger partial charge in [-0.2, -0.15) is 0 Å². The van der Waals surface area contributed by atoms with Gasteiger partial charge in [-0.15, -0.1) is 0 Å². The quantitative estimate of drug-likeness (QED) is 0.576. The van der Waals surface area contributed by atoms with Gasteiger partial charge in [0.25, 0.3) is 11.8 Å². The third kappa shape index (κ3) is 6.58. The summed E-state index contributed by atoms with van der Waals surface area (Å²) in [6.45, 7) is 5.00. The first-order chi connectivity index (χ1) is 13.7. The zero-order valence-corrected chi connectivity index (χ0v) is 18.6. The fourth-order valence-corrected chi connectivity index (χ4v) is 3.31. The monoisotopic (exact) mass is 480 g/mol. The van der Waals surface area contributed by atoms with E-state index in [0.717, 1.165) is 10.0 Å². The molecule has 0 fully saturated rings. The fourth-order valence-electron chi connectivity index (χ4n) is 2.50. The average molecular weight is 482 g/mol. The normalized spacial score (nSPS) is 11.7. The van der Waals surface area contributed by atoms with Crippen molar-refractivity contribution >= 4 is 51.0 Å². The van der Waals surface area contributed by atoms with Crippen LogP contribution in [0.3, 0.4) is 0 Å². The second-order valence-electron chi connectivity index (χ2n) is 6.81. The summed E-state index contributed by atoms with van der Waals surface area (Å²) in [5.41, 5.74) is 1.87.